The number of nitrogens with two attached hydrogens (primary N) is 1. The monoisotopic (exact) mass is 297 g/mol. The van der Waals surface area contributed by atoms with Gasteiger partial charge in [-0.3, -0.25) is 0 Å². The van der Waals surface area contributed by atoms with Crippen molar-refractivity contribution < 1.29 is 0 Å². The van der Waals surface area contributed by atoms with E-state index in [0.29, 0.717) is 16.1 Å². The van der Waals surface area contributed by atoms with Crippen molar-refractivity contribution in [1.82, 2.24) is 4.90 Å². The fourth-order valence-corrected chi connectivity index (χ4v) is 3.16. The summed E-state index contributed by atoms with van der Waals surface area (Å²) in [5.41, 5.74) is 7.69. The summed E-state index contributed by atoms with van der Waals surface area (Å²) < 4.78 is 0. The van der Waals surface area contributed by atoms with Crippen molar-refractivity contribution in [3.8, 4) is 0 Å². The predicted octanol–water partition coefficient (Wildman–Crippen LogP) is 2.50. The Kier molecular flexibility index (Phi) is 4.66. The average molecular weight is 298 g/mol. The lowest BCUT2D eigenvalue weighted by Gasteiger charge is -2.38. The molecule has 1 fully saturated rings. The third kappa shape index (κ3) is 3.19. The Morgan fingerprint density at radius 2 is 2.21 bits per heavy atom. The minimum Gasteiger partial charge on any atom is -0.389 e. The molecule has 3 nitrogen and oxygen atoms in total. The highest BCUT2D eigenvalue weighted by Crippen LogP contribution is 2.30. The van der Waals surface area contributed by atoms with Crippen LogP contribution in [0.15, 0.2) is 18.2 Å². The topological polar surface area (TPSA) is 32.5 Å². The van der Waals surface area contributed by atoms with E-state index in [9.17, 15) is 0 Å². The van der Waals surface area contributed by atoms with Crippen LogP contribution in [0.3, 0.4) is 0 Å². The fourth-order valence-electron chi connectivity index (χ4n) is 2.62. The molecule has 1 aliphatic heterocycles. The molecule has 0 bridgehead atoms. The number of rotatable bonds is 3. The van der Waals surface area contributed by atoms with Crippen LogP contribution in [0.25, 0.3) is 0 Å². The Bertz CT molecular complexity index is 476. The smallest absolute Gasteiger partial charge is 0.107 e. The number of thiocarbonyl (C=S) groups is 1. The van der Waals surface area contributed by atoms with E-state index in [1.165, 1.54) is 12.8 Å². The highest BCUT2D eigenvalue weighted by atomic mass is 35.5. The maximum absolute atomic E-state index is 6.24. The summed E-state index contributed by atoms with van der Waals surface area (Å²) in [7, 11) is 4.25. The quantitative estimate of drug-likeness (QED) is 0.869. The van der Waals surface area contributed by atoms with E-state index < -0.39 is 0 Å². The predicted molar refractivity (Wildman–Crippen MR) is 86.3 cm³/mol. The Morgan fingerprint density at radius 3 is 2.84 bits per heavy atom. The van der Waals surface area contributed by atoms with Crippen LogP contribution >= 0.6 is 23.8 Å². The van der Waals surface area contributed by atoms with E-state index in [1.807, 2.05) is 12.1 Å². The van der Waals surface area contributed by atoms with Crippen molar-refractivity contribution >= 4 is 34.5 Å². The summed E-state index contributed by atoms with van der Waals surface area (Å²) in [4.78, 5) is 4.98. The molecule has 19 heavy (non-hydrogen) atoms. The number of hydrogen-bond acceptors (Lipinski definition) is 3. The number of anilines is 1. The lowest BCUT2D eigenvalue weighted by atomic mass is 10.0. The van der Waals surface area contributed by atoms with Crippen LogP contribution < -0.4 is 10.6 Å². The summed E-state index contributed by atoms with van der Waals surface area (Å²) in [5, 5.41) is 0.636. The Morgan fingerprint density at radius 1 is 1.47 bits per heavy atom. The Balaban J connectivity index is 2.31. The van der Waals surface area contributed by atoms with Gasteiger partial charge in [0.15, 0.2) is 0 Å². The minimum atomic E-state index is 0.368. The van der Waals surface area contributed by atoms with E-state index >= 15 is 0 Å². The second-order valence-corrected chi connectivity index (χ2v) is 6.05. The van der Waals surface area contributed by atoms with Crippen LogP contribution in [0.2, 0.25) is 5.02 Å². The zero-order chi connectivity index (χ0) is 14.0. The van der Waals surface area contributed by atoms with Gasteiger partial charge in [0.2, 0.25) is 0 Å². The maximum Gasteiger partial charge on any atom is 0.107 e. The molecule has 2 N–H and O–H groups in total. The van der Waals surface area contributed by atoms with Gasteiger partial charge in [-0.05, 0) is 39.1 Å². The van der Waals surface area contributed by atoms with Gasteiger partial charge in [-0.25, -0.2) is 0 Å². The largest absolute Gasteiger partial charge is 0.389 e. The van der Waals surface area contributed by atoms with Crippen molar-refractivity contribution in [2.45, 2.75) is 18.9 Å². The number of nitrogens with zero attached hydrogens (tertiary/aromatic N) is 2. The molecule has 1 saturated heterocycles. The highest BCUT2D eigenvalue weighted by molar-refractivity contribution is 7.80. The van der Waals surface area contributed by atoms with Gasteiger partial charge in [0.05, 0.1) is 10.6 Å². The molecule has 104 valence electrons. The summed E-state index contributed by atoms with van der Waals surface area (Å²) in [5.74, 6) is 0. The summed E-state index contributed by atoms with van der Waals surface area (Å²) >= 11 is 11.4. The van der Waals surface area contributed by atoms with Gasteiger partial charge >= 0.3 is 0 Å². The first-order valence-electron chi connectivity index (χ1n) is 6.50. The van der Waals surface area contributed by atoms with Crippen LogP contribution in [0.5, 0.6) is 0 Å². The van der Waals surface area contributed by atoms with E-state index in [2.05, 4.69) is 30.0 Å². The van der Waals surface area contributed by atoms with Gasteiger partial charge in [0, 0.05) is 24.8 Å². The van der Waals surface area contributed by atoms with Gasteiger partial charge in [-0.1, -0.05) is 29.9 Å². The maximum atomic E-state index is 6.24. The lowest BCUT2D eigenvalue weighted by Crippen LogP contribution is -2.45. The number of halogens is 1. The van der Waals surface area contributed by atoms with E-state index in [-0.39, 0.29) is 0 Å². The summed E-state index contributed by atoms with van der Waals surface area (Å²) in [6.45, 7) is 2.02. The van der Waals surface area contributed by atoms with Crippen LogP contribution in [-0.4, -0.2) is 43.1 Å². The number of hydrogen-bond donors (Lipinski definition) is 1. The van der Waals surface area contributed by atoms with Crippen molar-refractivity contribution in [2.75, 3.05) is 32.1 Å². The normalized spacial score (nSPS) is 19.8. The molecule has 0 aromatic heterocycles. The van der Waals surface area contributed by atoms with Crippen LogP contribution in [0, 0.1) is 0 Å². The van der Waals surface area contributed by atoms with Gasteiger partial charge in [-0.2, -0.15) is 0 Å². The molecule has 5 heteroatoms. The second kappa shape index (κ2) is 6.07. The average Bonchev–Trinajstić information content (AvgIpc) is 2.38. The third-order valence-electron chi connectivity index (χ3n) is 3.71. The first-order valence-corrected chi connectivity index (χ1v) is 7.29. The van der Waals surface area contributed by atoms with Crippen molar-refractivity contribution in [2.24, 2.45) is 5.73 Å². The SMILES string of the molecule is CN(C)C1CCCN(c2cccc(Cl)c2C(N)=S)C1. The van der Waals surface area contributed by atoms with Crippen LogP contribution in [-0.2, 0) is 0 Å². The molecule has 0 aliphatic carbocycles. The summed E-state index contributed by atoms with van der Waals surface area (Å²) in [6, 6.07) is 6.41. The van der Waals surface area contributed by atoms with Gasteiger partial charge in [0.1, 0.15) is 4.99 Å². The third-order valence-corrected chi connectivity index (χ3v) is 4.22. The molecule has 0 saturated carbocycles. The number of likely N-dealkylation sites (N-methyl/N-ethyl adjacent to an activating group) is 1. The van der Waals surface area contributed by atoms with Gasteiger partial charge < -0.3 is 15.5 Å². The lowest BCUT2D eigenvalue weighted by molar-refractivity contribution is 0.258. The molecule has 1 aliphatic rings. The zero-order valence-corrected chi connectivity index (χ0v) is 13.0. The molecular weight excluding hydrogens is 278 g/mol. The highest BCUT2D eigenvalue weighted by Gasteiger charge is 2.24. The van der Waals surface area contributed by atoms with Crippen LogP contribution in [0.1, 0.15) is 18.4 Å². The minimum absolute atomic E-state index is 0.368. The van der Waals surface area contributed by atoms with E-state index in [1.54, 1.807) is 0 Å². The molecule has 1 unspecified atom stereocenters. The molecule has 0 radical (unpaired) electrons. The van der Waals surface area contributed by atoms with Gasteiger partial charge in [0.25, 0.3) is 0 Å². The first kappa shape index (κ1) is 14.6. The van der Waals surface area contributed by atoms with Crippen molar-refractivity contribution in [1.29, 1.82) is 0 Å². The number of piperidine rings is 1. The standard InChI is InChI=1S/C14H20ClN3S/c1-17(2)10-5-4-8-18(9-10)12-7-3-6-11(15)13(12)14(16)19/h3,6-7,10H,4-5,8-9H2,1-2H3,(H2,16,19). The molecule has 1 aromatic rings. The molecule has 0 amide bonds. The molecular formula is C14H20ClN3S. The van der Waals surface area contributed by atoms with Gasteiger partial charge in [-0.15, -0.1) is 0 Å². The van der Waals surface area contributed by atoms with Crippen molar-refractivity contribution in [3.05, 3.63) is 28.8 Å². The van der Waals surface area contributed by atoms with E-state index in [4.69, 9.17) is 29.6 Å². The molecule has 1 heterocycles. The van der Waals surface area contributed by atoms with Crippen LogP contribution in [0.4, 0.5) is 5.69 Å². The van der Waals surface area contributed by atoms with Crippen molar-refractivity contribution in [3.63, 3.8) is 0 Å². The molecule has 0 spiro atoms. The molecule has 2 rings (SSSR count). The molecule has 1 atom stereocenters. The Hall–Kier alpha value is -0.840. The zero-order valence-electron chi connectivity index (χ0n) is 11.4. The molecule has 1 aromatic carbocycles. The number of benzene rings is 1. The summed E-state index contributed by atoms with van der Waals surface area (Å²) in [6.07, 6.45) is 2.40. The fraction of sp³-hybridized carbons (Fsp3) is 0.500. The Labute approximate surface area is 125 Å². The second-order valence-electron chi connectivity index (χ2n) is 5.20. The van der Waals surface area contributed by atoms with E-state index in [0.717, 1.165) is 24.3 Å². The first-order chi connectivity index (χ1) is 9.00.